The van der Waals surface area contributed by atoms with E-state index in [0.717, 1.165) is 0 Å². The van der Waals surface area contributed by atoms with Crippen molar-refractivity contribution in [3.8, 4) is 17.2 Å². The summed E-state index contributed by atoms with van der Waals surface area (Å²) in [4.78, 5) is 24.5. The van der Waals surface area contributed by atoms with Crippen LogP contribution >= 0.6 is 15.9 Å². The van der Waals surface area contributed by atoms with E-state index in [1.54, 1.807) is 54.6 Å². The molecule has 3 aromatic rings. The molecule has 0 fully saturated rings. The Morgan fingerprint density at radius 2 is 1.74 bits per heavy atom. The Morgan fingerprint density at radius 3 is 2.47 bits per heavy atom. The van der Waals surface area contributed by atoms with Gasteiger partial charge in [0.25, 0.3) is 11.8 Å². The summed E-state index contributed by atoms with van der Waals surface area (Å²) in [6.07, 6.45) is 1.49. The van der Waals surface area contributed by atoms with Crippen molar-refractivity contribution in [3.63, 3.8) is 0 Å². The van der Waals surface area contributed by atoms with Gasteiger partial charge in [-0.1, -0.05) is 30.3 Å². The van der Waals surface area contributed by atoms with Crippen LogP contribution in [0.25, 0.3) is 0 Å². The fourth-order valence-corrected chi connectivity index (χ4v) is 3.53. The van der Waals surface area contributed by atoms with Crippen LogP contribution in [-0.4, -0.2) is 38.4 Å². The van der Waals surface area contributed by atoms with Gasteiger partial charge in [-0.2, -0.15) is 5.10 Å². The van der Waals surface area contributed by atoms with Crippen molar-refractivity contribution in [3.05, 3.63) is 82.3 Å². The third kappa shape index (κ3) is 6.82. The zero-order valence-electron chi connectivity index (χ0n) is 18.7. The van der Waals surface area contributed by atoms with Gasteiger partial charge in [-0.05, 0) is 64.8 Å². The minimum atomic E-state index is -0.354. The summed E-state index contributed by atoms with van der Waals surface area (Å²) < 4.78 is 17.2. The molecule has 0 radical (unpaired) electrons. The Kier molecular flexibility index (Phi) is 9.04. The van der Waals surface area contributed by atoms with E-state index in [4.69, 9.17) is 14.2 Å². The predicted molar refractivity (Wildman–Crippen MR) is 134 cm³/mol. The van der Waals surface area contributed by atoms with Crippen LogP contribution in [0.1, 0.15) is 22.8 Å². The number of anilines is 1. The SMILES string of the molecule is CCOc1cc(/C=N/NC(=O)c2ccccc2)cc(Br)c1OCC(=O)Nc1ccccc1OC. The van der Waals surface area contributed by atoms with Gasteiger partial charge in [0.05, 0.1) is 30.1 Å². The molecule has 0 saturated carbocycles. The van der Waals surface area contributed by atoms with Gasteiger partial charge in [0.1, 0.15) is 5.75 Å². The molecule has 2 amide bonds. The number of rotatable bonds is 10. The molecule has 0 saturated heterocycles. The molecule has 0 atom stereocenters. The van der Waals surface area contributed by atoms with E-state index in [1.807, 2.05) is 19.1 Å². The molecule has 3 rings (SSSR count). The molecule has 0 aliphatic heterocycles. The lowest BCUT2D eigenvalue weighted by Gasteiger charge is -2.15. The number of ether oxygens (including phenoxy) is 3. The smallest absolute Gasteiger partial charge is 0.271 e. The summed E-state index contributed by atoms with van der Waals surface area (Å²) in [6.45, 7) is 1.99. The lowest BCUT2D eigenvalue weighted by molar-refractivity contribution is -0.118. The zero-order valence-corrected chi connectivity index (χ0v) is 20.3. The quantitative estimate of drug-likeness (QED) is 0.297. The number of nitrogens with zero attached hydrogens (tertiary/aromatic N) is 1. The fraction of sp³-hybridized carbons (Fsp3) is 0.160. The third-order valence-electron chi connectivity index (χ3n) is 4.48. The molecule has 0 spiro atoms. The van der Waals surface area contributed by atoms with E-state index >= 15 is 0 Å². The molecular formula is C25H24BrN3O5. The average molecular weight is 526 g/mol. The molecule has 0 aliphatic rings. The maximum absolute atomic E-state index is 12.4. The number of halogens is 1. The highest BCUT2D eigenvalue weighted by Crippen LogP contribution is 2.36. The van der Waals surface area contributed by atoms with Crippen molar-refractivity contribution in [1.82, 2.24) is 5.43 Å². The molecule has 3 aromatic carbocycles. The number of methoxy groups -OCH3 is 1. The Labute approximate surface area is 206 Å². The lowest BCUT2D eigenvalue weighted by Crippen LogP contribution is -2.21. The Morgan fingerprint density at radius 1 is 1.00 bits per heavy atom. The van der Waals surface area contributed by atoms with Crippen molar-refractivity contribution in [2.24, 2.45) is 5.10 Å². The van der Waals surface area contributed by atoms with E-state index in [0.29, 0.717) is 45.1 Å². The Hall–Kier alpha value is -3.85. The van der Waals surface area contributed by atoms with Gasteiger partial charge in [-0.3, -0.25) is 9.59 Å². The zero-order chi connectivity index (χ0) is 24.3. The highest BCUT2D eigenvalue weighted by atomic mass is 79.9. The number of carbonyl (C=O) groups is 2. The van der Waals surface area contributed by atoms with Crippen LogP contribution in [0.3, 0.4) is 0 Å². The normalized spacial score (nSPS) is 10.6. The minimum absolute atomic E-state index is 0.239. The Balaban J connectivity index is 1.67. The molecule has 0 bridgehead atoms. The summed E-state index contributed by atoms with van der Waals surface area (Å²) in [6, 6.07) is 19.3. The van der Waals surface area contributed by atoms with Crippen molar-refractivity contribution in [2.75, 3.05) is 25.6 Å². The van der Waals surface area contributed by atoms with Crippen LogP contribution < -0.4 is 25.0 Å². The third-order valence-corrected chi connectivity index (χ3v) is 5.07. The van der Waals surface area contributed by atoms with Gasteiger partial charge in [-0.25, -0.2) is 5.43 Å². The molecule has 8 nitrogen and oxygen atoms in total. The van der Waals surface area contributed by atoms with Crippen LogP contribution in [-0.2, 0) is 4.79 Å². The van der Waals surface area contributed by atoms with Crippen LogP contribution in [0.4, 0.5) is 5.69 Å². The number of hydrogen-bond donors (Lipinski definition) is 2. The monoisotopic (exact) mass is 525 g/mol. The number of para-hydroxylation sites is 2. The summed E-state index contributed by atoms with van der Waals surface area (Å²) >= 11 is 3.46. The van der Waals surface area contributed by atoms with E-state index in [2.05, 4.69) is 31.8 Å². The summed E-state index contributed by atoms with van der Waals surface area (Å²) in [5.41, 5.74) is 4.20. The van der Waals surface area contributed by atoms with Gasteiger partial charge in [0, 0.05) is 5.56 Å². The molecule has 176 valence electrons. The van der Waals surface area contributed by atoms with Crippen molar-refractivity contribution in [1.29, 1.82) is 0 Å². The second-order valence-electron chi connectivity index (χ2n) is 6.87. The first kappa shape index (κ1) is 24.8. The number of nitrogens with one attached hydrogen (secondary N) is 2. The fourth-order valence-electron chi connectivity index (χ4n) is 2.96. The second-order valence-corrected chi connectivity index (χ2v) is 7.72. The van der Waals surface area contributed by atoms with E-state index in [1.165, 1.54) is 13.3 Å². The van der Waals surface area contributed by atoms with Crippen LogP contribution in [0, 0.1) is 0 Å². The number of hydrazone groups is 1. The van der Waals surface area contributed by atoms with Crippen molar-refractivity contribution >= 4 is 39.6 Å². The predicted octanol–water partition coefficient (Wildman–Crippen LogP) is 4.64. The second kappa shape index (κ2) is 12.4. The number of amides is 2. The first-order valence-electron chi connectivity index (χ1n) is 10.4. The summed E-state index contributed by atoms with van der Waals surface area (Å²) in [5, 5.41) is 6.77. The van der Waals surface area contributed by atoms with Gasteiger partial charge in [-0.15, -0.1) is 0 Å². The first-order chi connectivity index (χ1) is 16.5. The summed E-state index contributed by atoms with van der Waals surface area (Å²) in [5.74, 6) is 0.686. The average Bonchev–Trinajstić information content (AvgIpc) is 2.84. The van der Waals surface area contributed by atoms with E-state index in [9.17, 15) is 9.59 Å². The highest BCUT2D eigenvalue weighted by molar-refractivity contribution is 9.10. The van der Waals surface area contributed by atoms with Crippen molar-refractivity contribution < 1.29 is 23.8 Å². The molecule has 34 heavy (non-hydrogen) atoms. The highest BCUT2D eigenvalue weighted by Gasteiger charge is 2.15. The number of carbonyl (C=O) groups excluding carboxylic acids is 2. The van der Waals surface area contributed by atoms with Crippen LogP contribution in [0.15, 0.2) is 76.3 Å². The maximum atomic E-state index is 12.4. The van der Waals surface area contributed by atoms with Gasteiger partial charge >= 0.3 is 0 Å². The summed E-state index contributed by atoms with van der Waals surface area (Å²) in [7, 11) is 1.53. The largest absolute Gasteiger partial charge is 0.495 e. The van der Waals surface area contributed by atoms with E-state index in [-0.39, 0.29) is 18.4 Å². The number of hydrogen-bond acceptors (Lipinski definition) is 6. The first-order valence-corrected chi connectivity index (χ1v) is 11.2. The molecular weight excluding hydrogens is 502 g/mol. The standard InChI is InChI=1S/C25H24BrN3O5/c1-3-33-22-14-17(15-27-29-25(31)18-9-5-4-6-10-18)13-19(26)24(22)34-16-23(30)28-20-11-7-8-12-21(20)32-2/h4-15H,3,16H2,1-2H3,(H,28,30)(H,29,31)/b27-15+. The van der Waals surface area contributed by atoms with Crippen molar-refractivity contribution in [2.45, 2.75) is 6.92 Å². The lowest BCUT2D eigenvalue weighted by atomic mass is 10.2. The van der Waals surface area contributed by atoms with Crippen LogP contribution in [0.2, 0.25) is 0 Å². The van der Waals surface area contributed by atoms with Gasteiger partial charge < -0.3 is 19.5 Å². The molecule has 0 aliphatic carbocycles. The van der Waals surface area contributed by atoms with Gasteiger partial charge in [0.2, 0.25) is 0 Å². The molecule has 2 N–H and O–H groups in total. The Bertz CT molecular complexity index is 1170. The molecule has 0 aromatic heterocycles. The molecule has 0 heterocycles. The minimum Gasteiger partial charge on any atom is -0.495 e. The maximum Gasteiger partial charge on any atom is 0.271 e. The topological polar surface area (TPSA) is 98.3 Å². The number of benzene rings is 3. The molecule has 9 heteroatoms. The van der Waals surface area contributed by atoms with Crippen LogP contribution in [0.5, 0.6) is 17.2 Å². The van der Waals surface area contributed by atoms with E-state index < -0.39 is 0 Å². The van der Waals surface area contributed by atoms with Gasteiger partial charge in [0.15, 0.2) is 18.1 Å². The molecule has 0 unspecified atom stereocenters.